The van der Waals surface area contributed by atoms with Crippen molar-refractivity contribution in [2.75, 3.05) is 20.8 Å². The Balaban J connectivity index is 0.00000364. The molecule has 0 spiro atoms. The summed E-state index contributed by atoms with van der Waals surface area (Å²) in [6.45, 7) is 4.16. The Labute approximate surface area is 164 Å². The number of methoxy groups -OCH3 is 2. The van der Waals surface area contributed by atoms with E-state index in [9.17, 15) is 14.7 Å². The van der Waals surface area contributed by atoms with Crippen LogP contribution in [0.2, 0.25) is 0 Å². The van der Waals surface area contributed by atoms with Crippen molar-refractivity contribution in [2.45, 2.75) is 25.9 Å². The van der Waals surface area contributed by atoms with E-state index < -0.39 is 17.5 Å². The zero-order valence-electron chi connectivity index (χ0n) is 15.7. The van der Waals surface area contributed by atoms with E-state index in [1.54, 1.807) is 24.3 Å². The van der Waals surface area contributed by atoms with Gasteiger partial charge in [-0.05, 0) is 44.2 Å². The lowest BCUT2D eigenvalue weighted by Crippen LogP contribution is -2.41. The summed E-state index contributed by atoms with van der Waals surface area (Å²) in [5.41, 5.74) is 0.572. The molecular weight excluding hydrogens is 374 g/mol. The minimum absolute atomic E-state index is 0. The van der Waals surface area contributed by atoms with Gasteiger partial charge in [0.05, 0.1) is 38.5 Å². The molecule has 0 amide bonds. The van der Waals surface area contributed by atoms with Crippen LogP contribution in [0.3, 0.4) is 0 Å². The van der Waals surface area contributed by atoms with Gasteiger partial charge in [-0.25, -0.2) is 9.59 Å². The van der Waals surface area contributed by atoms with Gasteiger partial charge in [0.15, 0.2) is 0 Å². The largest absolute Gasteiger partial charge is 0.465 e. The number of hydrogen-bond acceptors (Lipinski definition) is 7. The van der Waals surface area contributed by atoms with E-state index in [2.05, 4.69) is 5.32 Å². The zero-order valence-corrected chi connectivity index (χ0v) is 16.5. The van der Waals surface area contributed by atoms with Crippen LogP contribution in [0, 0.1) is 0 Å². The van der Waals surface area contributed by atoms with Crippen LogP contribution >= 0.6 is 12.4 Å². The molecule has 1 aromatic carbocycles. The Morgan fingerprint density at radius 2 is 1.63 bits per heavy atom. The van der Waals surface area contributed by atoms with Crippen LogP contribution in [-0.4, -0.2) is 43.4 Å². The number of aliphatic hydroxyl groups is 1. The minimum atomic E-state index is -0.560. The summed E-state index contributed by atoms with van der Waals surface area (Å²) in [6, 6.07) is 8.13. The highest BCUT2D eigenvalue weighted by molar-refractivity contribution is 5.97. The van der Waals surface area contributed by atoms with Gasteiger partial charge in [0, 0.05) is 11.1 Å². The van der Waals surface area contributed by atoms with E-state index in [1.807, 2.05) is 13.8 Å². The molecule has 8 heteroatoms. The van der Waals surface area contributed by atoms with Crippen molar-refractivity contribution in [1.29, 1.82) is 0 Å². The minimum Gasteiger partial charge on any atom is -0.465 e. The maximum Gasteiger partial charge on any atom is 0.337 e. The van der Waals surface area contributed by atoms with E-state index in [-0.39, 0.29) is 30.1 Å². The Morgan fingerprint density at radius 1 is 1.07 bits per heavy atom. The van der Waals surface area contributed by atoms with Gasteiger partial charge < -0.3 is 24.3 Å². The first kappa shape index (κ1) is 22.7. The summed E-state index contributed by atoms with van der Waals surface area (Å²) in [5.74, 6) is 0.0365. The van der Waals surface area contributed by atoms with E-state index in [1.165, 1.54) is 20.3 Å². The molecule has 0 aliphatic rings. The molecule has 0 saturated heterocycles. The Kier molecular flexibility index (Phi) is 8.02. The predicted molar refractivity (Wildman–Crippen MR) is 102 cm³/mol. The molecule has 0 atom stereocenters. The normalized spacial score (nSPS) is 10.9. The lowest BCUT2D eigenvalue weighted by Gasteiger charge is -2.22. The van der Waals surface area contributed by atoms with Crippen LogP contribution in [0.5, 0.6) is 0 Å². The molecule has 0 saturated carbocycles. The van der Waals surface area contributed by atoms with Crippen LogP contribution in [0.1, 0.15) is 40.3 Å². The fourth-order valence-corrected chi connectivity index (χ4v) is 2.25. The predicted octanol–water partition coefficient (Wildman–Crippen LogP) is 2.80. The summed E-state index contributed by atoms with van der Waals surface area (Å²) in [5, 5.41) is 12.5. The van der Waals surface area contributed by atoms with E-state index >= 15 is 0 Å². The van der Waals surface area contributed by atoms with Crippen molar-refractivity contribution in [3.05, 3.63) is 47.2 Å². The number of carbonyl (C=O) groups is 2. The number of nitrogens with one attached hydrogen (secondary N) is 1. The highest BCUT2D eigenvalue weighted by atomic mass is 35.5. The summed E-state index contributed by atoms with van der Waals surface area (Å²) in [4.78, 5) is 23.7. The van der Waals surface area contributed by atoms with Crippen molar-refractivity contribution in [3.8, 4) is 11.3 Å². The van der Waals surface area contributed by atoms with Crippen molar-refractivity contribution >= 4 is 24.3 Å². The van der Waals surface area contributed by atoms with E-state index in [4.69, 9.17) is 13.9 Å². The second kappa shape index (κ2) is 9.55. The van der Waals surface area contributed by atoms with Gasteiger partial charge >= 0.3 is 11.9 Å². The third kappa shape index (κ3) is 5.82. The molecule has 7 nitrogen and oxygen atoms in total. The number of carbonyl (C=O) groups excluding carboxylic acids is 2. The van der Waals surface area contributed by atoms with Gasteiger partial charge in [-0.1, -0.05) is 0 Å². The van der Waals surface area contributed by atoms with Crippen LogP contribution in [0.4, 0.5) is 0 Å². The number of benzene rings is 1. The fraction of sp³-hybridized carbons (Fsp3) is 0.368. The molecule has 0 aliphatic carbocycles. The fourth-order valence-electron chi connectivity index (χ4n) is 2.25. The summed E-state index contributed by atoms with van der Waals surface area (Å²) in [6.07, 6.45) is 0. The molecule has 2 rings (SSSR count). The molecule has 148 valence electrons. The highest BCUT2D eigenvalue weighted by Gasteiger charge is 2.18. The molecule has 0 bridgehead atoms. The molecule has 1 heterocycles. The number of aliphatic hydroxyl groups excluding tert-OH is 1. The number of ether oxygens (including phenoxy) is 2. The highest BCUT2D eigenvalue weighted by Crippen LogP contribution is 2.26. The van der Waals surface area contributed by atoms with Gasteiger partial charge in [-0.15, -0.1) is 12.4 Å². The van der Waals surface area contributed by atoms with Crippen molar-refractivity contribution in [2.24, 2.45) is 0 Å². The van der Waals surface area contributed by atoms with Gasteiger partial charge in [0.25, 0.3) is 0 Å². The lowest BCUT2D eigenvalue weighted by atomic mass is 10.0. The van der Waals surface area contributed by atoms with Gasteiger partial charge in [-0.2, -0.15) is 0 Å². The van der Waals surface area contributed by atoms with Crippen LogP contribution < -0.4 is 5.32 Å². The Morgan fingerprint density at radius 3 is 2.11 bits per heavy atom. The first-order valence-corrected chi connectivity index (χ1v) is 8.06. The Hall–Kier alpha value is -2.35. The molecule has 2 aromatic rings. The molecule has 0 fully saturated rings. The van der Waals surface area contributed by atoms with Gasteiger partial charge in [0.2, 0.25) is 0 Å². The molecule has 1 aromatic heterocycles. The first-order chi connectivity index (χ1) is 12.3. The first-order valence-electron chi connectivity index (χ1n) is 8.06. The van der Waals surface area contributed by atoms with Crippen molar-refractivity contribution in [1.82, 2.24) is 5.32 Å². The average molecular weight is 398 g/mol. The molecule has 2 N–H and O–H groups in total. The van der Waals surface area contributed by atoms with E-state index in [0.29, 0.717) is 23.6 Å². The van der Waals surface area contributed by atoms with E-state index in [0.717, 1.165) is 0 Å². The molecule has 27 heavy (non-hydrogen) atoms. The number of halogens is 1. The van der Waals surface area contributed by atoms with Crippen LogP contribution in [0.15, 0.2) is 34.7 Å². The average Bonchev–Trinajstić information content (AvgIpc) is 3.14. The quantitative estimate of drug-likeness (QED) is 0.693. The SMILES string of the molecule is COC(=O)c1cc(C(=O)OC)cc(-c2ccc(CNC(C)(C)CO)o2)c1.Cl. The summed E-state index contributed by atoms with van der Waals surface area (Å²) >= 11 is 0. The molecule has 0 aliphatic heterocycles. The third-order valence-electron chi connectivity index (χ3n) is 3.86. The molecule has 0 unspecified atom stereocenters. The van der Waals surface area contributed by atoms with Gasteiger partial charge in [-0.3, -0.25) is 0 Å². The Bertz CT molecular complexity index is 765. The summed E-state index contributed by atoms with van der Waals surface area (Å²) < 4.78 is 15.3. The maximum absolute atomic E-state index is 11.9. The second-order valence-electron chi connectivity index (χ2n) is 6.44. The zero-order chi connectivity index (χ0) is 19.3. The second-order valence-corrected chi connectivity index (χ2v) is 6.44. The third-order valence-corrected chi connectivity index (χ3v) is 3.86. The van der Waals surface area contributed by atoms with Gasteiger partial charge in [0.1, 0.15) is 11.5 Å². The smallest absolute Gasteiger partial charge is 0.337 e. The number of hydrogen-bond donors (Lipinski definition) is 2. The van der Waals surface area contributed by atoms with Crippen molar-refractivity contribution in [3.63, 3.8) is 0 Å². The monoisotopic (exact) mass is 397 g/mol. The van der Waals surface area contributed by atoms with Crippen LogP contribution in [-0.2, 0) is 16.0 Å². The summed E-state index contributed by atoms with van der Waals surface area (Å²) in [7, 11) is 2.54. The topological polar surface area (TPSA) is 98.0 Å². The lowest BCUT2D eigenvalue weighted by molar-refractivity contribution is 0.0599. The van der Waals surface area contributed by atoms with Crippen molar-refractivity contribution < 1.29 is 28.6 Å². The standard InChI is InChI=1S/C19H23NO6.ClH/c1-19(2,11-21)20-10-15-5-6-16(26-15)12-7-13(17(22)24-3)9-14(8-12)18(23)25-4;/h5-9,20-21H,10-11H2,1-4H3;1H. The number of furan rings is 1. The number of esters is 2. The number of rotatable bonds is 7. The maximum atomic E-state index is 11.9. The molecule has 0 radical (unpaired) electrons. The van der Waals surface area contributed by atoms with Crippen LogP contribution in [0.25, 0.3) is 11.3 Å². The molecular formula is C19H24ClNO6.